The fraction of sp³-hybridized carbons (Fsp3) is 0.375. The number of carbonyl (C=O) groups excluding carboxylic acids is 1. The molecule has 0 spiro atoms. The van der Waals surface area contributed by atoms with E-state index in [0.29, 0.717) is 12.2 Å². The molecule has 1 aromatic heterocycles. The molecule has 8 nitrogen and oxygen atoms in total. The van der Waals surface area contributed by atoms with E-state index in [9.17, 15) is 14.9 Å². The molecule has 0 saturated carbocycles. The summed E-state index contributed by atoms with van der Waals surface area (Å²) in [6, 6.07) is 4.18. The summed E-state index contributed by atoms with van der Waals surface area (Å²) >= 11 is 0. The quantitative estimate of drug-likeness (QED) is 0.598. The smallest absolute Gasteiger partial charge is 0.270 e. The topological polar surface area (TPSA) is 102 Å². The van der Waals surface area contributed by atoms with Crippen LogP contribution in [0.2, 0.25) is 0 Å². The standard InChI is InChI=1S/C16H21N5O3/c1-11(10-20-7-6-18-12(20)2)9-19-16(22)14-8-13(21(23)24)4-5-15(14)17-3/h4-8,11,17H,9-10H2,1-3H3,(H,19,22)/t11-/m0/s1. The van der Waals surface area contributed by atoms with E-state index in [0.717, 1.165) is 12.4 Å². The van der Waals surface area contributed by atoms with Gasteiger partial charge in [0.05, 0.1) is 10.5 Å². The number of nitrogens with one attached hydrogen (secondary N) is 2. The number of imidazole rings is 1. The zero-order chi connectivity index (χ0) is 17.7. The van der Waals surface area contributed by atoms with Gasteiger partial charge < -0.3 is 15.2 Å². The van der Waals surface area contributed by atoms with Crippen molar-refractivity contribution in [1.29, 1.82) is 0 Å². The fourth-order valence-corrected chi connectivity index (χ4v) is 2.41. The molecule has 0 radical (unpaired) electrons. The van der Waals surface area contributed by atoms with Crippen molar-refractivity contribution in [1.82, 2.24) is 14.9 Å². The molecule has 8 heteroatoms. The summed E-state index contributed by atoms with van der Waals surface area (Å²) in [7, 11) is 1.67. The van der Waals surface area contributed by atoms with Gasteiger partial charge in [-0.3, -0.25) is 14.9 Å². The number of carbonyl (C=O) groups is 1. The second kappa shape index (κ2) is 7.58. The summed E-state index contributed by atoms with van der Waals surface area (Å²) in [6.07, 6.45) is 3.64. The molecule has 0 aliphatic carbocycles. The zero-order valence-corrected chi connectivity index (χ0v) is 13.9. The van der Waals surface area contributed by atoms with Crippen molar-refractivity contribution in [3.05, 3.63) is 52.1 Å². The van der Waals surface area contributed by atoms with E-state index < -0.39 is 4.92 Å². The molecule has 1 atom stereocenters. The number of non-ortho nitro benzene ring substituents is 1. The molecule has 1 amide bonds. The van der Waals surface area contributed by atoms with E-state index in [1.54, 1.807) is 13.2 Å². The fourth-order valence-electron chi connectivity index (χ4n) is 2.41. The number of anilines is 1. The summed E-state index contributed by atoms with van der Waals surface area (Å²) in [6.45, 7) is 5.14. The molecule has 24 heavy (non-hydrogen) atoms. The summed E-state index contributed by atoms with van der Waals surface area (Å²) in [4.78, 5) is 26.9. The molecule has 2 aromatic rings. The molecule has 2 rings (SSSR count). The molecule has 0 unspecified atom stereocenters. The molecule has 2 N–H and O–H groups in total. The lowest BCUT2D eigenvalue weighted by molar-refractivity contribution is -0.384. The van der Waals surface area contributed by atoms with E-state index in [4.69, 9.17) is 0 Å². The van der Waals surface area contributed by atoms with Gasteiger partial charge in [0.25, 0.3) is 11.6 Å². The van der Waals surface area contributed by atoms with Crippen molar-refractivity contribution in [2.75, 3.05) is 18.9 Å². The summed E-state index contributed by atoms with van der Waals surface area (Å²) in [5.41, 5.74) is 0.704. The van der Waals surface area contributed by atoms with Crippen LogP contribution >= 0.6 is 0 Å². The van der Waals surface area contributed by atoms with Crippen LogP contribution in [0.5, 0.6) is 0 Å². The molecular formula is C16H21N5O3. The van der Waals surface area contributed by atoms with Gasteiger partial charge in [-0.2, -0.15) is 0 Å². The molecule has 0 aliphatic rings. The third kappa shape index (κ3) is 4.09. The predicted molar refractivity (Wildman–Crippen MR) is 91.1 cm³/mol. The van der Waals surface area contributed by atoms with Gasteiger partial charge in [-0.15, -0.1) is 0 Å². The molecule has 0 fully saturated rings. The number of amides is 1. The van der Waals surface area contributed by atoms with Crippen LogP contribution in [-0.2, 0) is 6.54 Å². The van der Waals surface area contributed by atoms with Crippen LogP contribution in [0.4, 0.5) is 11.4 Å². The Hall–Kier alpha value is -2.90. The predicted octanol–water partition coefficient (Wildman–Crippen LogP) is 2.21. The molecular weight excluding hydrogens is 310 g/mol. The number of benzene rings is 1. The lowest BCUT2D eigenvalue weighted by atomic mass is 10.1. The Morgan fingerprint density at radius 1 is 1.46 bits per heavy atom. The van der Waals surface area contributed by atoms with Gasteiger partial charge in [0.15, 0.2) is 0 Å². The van der Waals surface area contributed by atoms with Gasteiger partial charge in [-0.05, 0) is 18.9 Å². The highest BCUT2D eigenvalue weighted by Gasteiger charge is 2.17. The maximum absolute atomic E-state index is 12.4. The Morgan fingerprint density at radius 2 is 2.21 bits per heavy atom. The minimum atomic E-state index is -0.513. The Kier molecular flexibility index (Phi) is 5.51. The largest absolute Gasteiger partial charge is 0.387 e. The summed E-state index contributed by atoms with van der Waals surface area (Å²) < 4.78 is 2.02. The van der Waals surface area contributed by atoms with Crippen LogP contribution in [0.15, 0.2) is 30.6 Å². The van der Waals surface area contributed by atoms with Crippen LogP contribution in [0.25, 0.3) is 0 Å². The highest BCUT2D eigenvalue weighted by atomic mass is 16.6. The number of nitro groups is 1. The second-order valence-electron chi connectivity index (χ2n) is 5.68. The van der Waals surface area contributed by atoms with Crippen molar-refractivity contribution in [2.24, 2.45) is 5.92 Å². The first-order valence-electron chi connectivity index (χ1n) is 7.64. The molecule has 0 saturated heterocycles. The highest BCUT2D eigenvalue weighted by Crippen LogP contribution is 2.21. The van der Waals surface area contributed by atoms with E-state index in [1.807, 2.05) is 24.6 Å². The maximum Gasteiger partial charge on any atom is 0.270 e. The van der Waals surface area contributed by atoms with Crippen molar-refractivity contribution >= 4 is 17.3 Å². The number of hydrogen-bond donors (Lipinski definition) is 2. The van der Waals surface area contributed by atoms with Crippen molar-refractivity contribution < 1.29 is 9.72 Å². The van der Waals surface area contributed by atoms with E-state index in [-0.39, 0.29) is 23.1 Å². The Balaban J connectivity index is 2.02. The minimum absolute atomic E-state index is 0.110. The first kappa shape index (κ1) is 17.5. The van der Waals surface area contributed by atoms with Crippen molar-refractivity contribution in [3.8, 4) is 0 Å². The summed E-state index contributed by atoms with van der Waals surface area (Å²) in [5.74, 6) is 0.778. The van der Waals surface area contributed by atoms with E-state index >= 15 is 0 Å². The van der Waals surface area contributed by atoms with Gasteiger partial charge in [0, 0.05) is 50.4 Å². The van der Waals surface area contributed by atoms with Gasteiger partial charge in [0.2, 0.25) is 0 Å². The Labute approximate surface area is 140 Å². The first-order valence-corrected chi connectivity index (χ1v) is 7.64. The van der Waals surface area contributed by atoms with Crippen LogP contribution < -0.4 is 10.6 Å². The average Bonchev–Trinajstić information content (AvgIpc) is 2.96. The molecule has 0 aliphatic heterocycles. The third-order valence-corrected chi connectivity index (χ3v) is 3.77. The monoisotopic (exact) mass is 331 g/mol. The number of hydrogen-bond acceptors (Lipinski definition) is 5. The molecule has 1 aromatic carbocycles. The van der Waals surface area contributed by atoms with Gasteiger partial charge in [0.1, 0.15) is 5.82 Å². The third-order valence-electron chi connectivity index (χ3n) is 3.77. The highest BCUT2D eigenvalue weighted by molar-refractivity contribution is 6.00. The molecule has 1 heterocycles. The van der Waals surface area contributed by atoms with Gasteiger partial charge in [-0.25, -0.2) is 4.98 Å². The zero-order valence-electron chi connectivity index (χ0n) is 13.9. The van der Waals surface area contributed by atoms with Gasteiger partial charge >= 0.3 is 0 Å². The van der Waals surface area contributed by atoms with Crippen LogP contribution in [0.1, 0.15) is 23.1 Å². The van der Waals surface area contributed by atoms with E-state index in [2.05, 4.69) is 15.6 Å². The average molecular weight is 331 g/mol. The minimum Gasteiger partial charge on any atom is -0.387 e. The van der Waals surface area contributed by atoms with Crippen molar-refractivity contribution in [3.63, 3.8) is 0 Å². The first-order chi connectivity index (χ1) is 11.4. The van der Waals surface area contributed by atoms with E-state index in [1.165, 1.54) is 18.2 Å². The number of aryl methyl sites for hydroxylation is 1. The number of rotatable bonds is 7. The lowest BCUT2D eigenvalue weighted by Crippen LogP contribution is -2.30. The number of nitrogens with zero attached hydrogens (tertiary/aromatic N) is 3. The van der Waals surface area contributed by atoms with Crippen LogP contribution in [0, 0.1) is 23.0 Å². The Morgan fingerprint density at radius 3 is 2.79 bits per heavy atom. The lowest BCUT2D eigenvalue weighted by Gasteiger charge is -2.15. The van der Waals surface area contributed by atoms with Crippen LogP contribution in [0.3, 0.4) is 0 Å². The second-order valence-corrected chi connectivity index (χ2v) is 5.68. The maximum atomic E-state index is 12.4. The number of aromatic nitrogens is 2. The Bertz CT molecular complexity index is 741. The van der Waals surface area contributed by atoms with Gasteiger partial charge in [-0.1, -0.05) is 6.92 Å². The molecule has 128 valence electrons. The van der Waals surface area contributed by atoms with Crippen LogP contribution in [-0.4, -0.2) is 34.0 Å². The SMILES string of the molecule is CNc1ccc([N+](=O)[O-])cc1C(=O)NC[C@H](C)Cn1ccnc1C. The van der Waals surface area contributed by atoms with Crippen molar-refractivity contribution in [2.45, 2.75) is 20.4 Å². The normalized spacial score (nSPS) is 11.8. The molecule has 0 bridgehead atoms. The summed E-state index contributed by atoms with van der Waals surface area (Å²) in [5, 5.41) is 16.6. The number of nitro benzene ring substituents is 1.